The van der Waals surface area contributed by atoms with Crippen LogP contribution in [0.2, 0.25) is 0 Å². The summed E-state index contributed by atoms with van der Waals surface area (Å²) in [6.07, 6.45) is 1.64. The Morgan fingerprint density at radius 3 is 2.33 bits per heavy atom. The minimum absolute atomic E-state index is 0.258. The summed E-state index contributed by atoms with van der Waals surface area (Å²) in [5, 5.41) is 1.30. The van der Waals surface area contributed by atoms with Crippen LogP contribution in [0.4, 0.5) is 5.82 Å². The Labute approximate surface area is 161 Å². The molecule has 0 atom stereocenters. The van der Waals surface area contributed by atoms with E-state index in [2.05, 4.69) is 28.7 Å². The lowest BCUT2D eigenvalue weighted by Gasteiger charge is -2.34. The fourth-order valence-corrected chi connectivity index (χ4v) is 4.15. The van der Waals surface area contributed by atoms with E-state index in [0.29, 0.717) is 26.2 Å². The van der Waals surface area contributed by atoms with Crippen LogP contribution >= 0.6 is 0 Å². The first-order chi connectivity index (χ1) is 12.8. The largest absolute Gasteiger partial charge is 0.354 e. The van der Waals surface area contributed by atoms with Gasteiger partial charge in [0.25, 0.3) is 0 Å². The number of hydrogen-bond donors (Lipinski definition) is 0. The summed E-state index contributed by atoms with van der Waals surface area (Å²) in [6.45, 7) is 8.23. The zero-order chi connectivity index (χ0) is 19.4. The van der Waals surface area contributed by atoms with Crippen molar-refractivity contribution in [1.29, 1.82) is 0 Å². The highest BCUT2D eigenvalue weighted by Crippen LogP contribution is 2.20. The van der Waals surface area contributed by atoms with Crippen molar-refractivity contribution >= 4 is 21.9 Å². The summed E-state index contributed by atoms with van der Waals surface area (Å²) >= 11 is 0. The molecule has 0 bridgehead atoms. The molecule has 0 aliphatic carbocycles. The van der Waals surface area contributed by atoms with E-state index in [1.807, 2.05) is 43.3 Å². The zero-order valence-electron chi connectivity index (χ0n) is 16.0. The highest BCUT2D eigenvalue weighted by molar-refractivity contribution is 7.92. The Morgan fingerprint density at radius 2 is 1.70 bits per heavy atom. The first kappa shape index (κ1) is 19.5. The van der Waals surface area contributed by atoms with E-state index < -0.39 is 10.0 Å². The van der Waals surface area contributed by atoms with Gasteiger partial charge in [0.1, 0.15) is 11.6 Å². The fraction of sp³-hybridized carbons (Fsp3) is 0.400. The number of aryl methyl sites for hydroxylation is 1. The van der Waals surface area contributed by atoms with E-state index in [1.165, 1.54) is 9.71 Å². The number of benzene rings is 1. The van der Waals surface area contributed by atoms with Crippen molar-refractivity contribution < 1.29 is 8.42 Å². The molecule has 2 aromatic rings. The van der Waals surface area contributed by atoms with Gasteiger partial charge in [0.05, 0.1) is 0 Å². The number of hydrogen-bond acceptors (Lipinski definition) is 5. The molecule has 7 heteroatoms. The Morgan fingerprint density at radius 1 is 1.04 bits per heavy atom. The molecule has 0 N–H and O–H groups in total. The van der Waals surface area contributed by atoms with Gasteiger partial charge in [-0.05, 0) is 18.6 Å². The van der Waals surface area contributed by atoms with Gasteiger partial charge in [-0.3, -0.25) is 0 Å². The predicted molar refractivity (Wildman–Crippen MR) is 109 cm³/mol. The van der Waals surface area contributed by atoms with Gasteiger partial charge in [-0.2, -0.15) is 4.31 Å². The molecule has 1 aliphatic heterocycles. The molecule has 1 fully saturated rings. The maximum Gasteiger partial charge on any atom is 0.236 e. The fourth-order valence-electron chi connectivity index (χ4n) is 2.98. The standard InChI is InChI=1S/C20H26N4O2S/c1-16(2)20-21-17(3)15-19(22-20)23-10-12-24(13-11-23)27(25,26)14-9-18-7-5-4-6-8-18/h4-9,14-16H,10-13H2,1-3H3/b14-9+. The molecule has 27 heavy (non-hydrogen) atoms. The van der Waals surface area contributed by atoms with E-state index in [4.69, 9.17) is 0 Å². The van der Waals surface area contributed by atoms with E-state index >= 15 is 0 Å². The van der Waals surface area contributed by atoms with Crippen LogP contribution < -0.4 is 4.90 Å². The van der Waals surface area contributed by atoms with Gasteiger partial charge in [-0.25, -0.2) is 18.4 Å². The maximum atomic E-state index is 12.6. The molecule has 3 rings (SSSR count). The molecule has 0 amide bonds. The normalized spacial score (nSPS) is 16.4. The summed E-state index contributed by atoms with van der Waals surface area (Å²) in [6, 6.07) is 11.4. The van der Waals surface area contributed by atoms with E-state index in [-0.39, 0.29) is 5.92 Å². The molecule has 1 saturated heterocycles. The summed E-state index contributed by atoms with van der Waals surface area (Å²) in [5.41, 5.74) is 1.81. The smallest absolute Gasteiger partial charge is 0.236 e. The van der Waals surface area contributed by atoms with Gasteiger partial charge in [0.15, 0.2) is 0 Å². The monoisotopic (exact) mass is 386 g/mol. The second-order valence-corrected chi connectivity index (χ2v) is 8.84. The minimum atomic E-state index is -3.42. The van der Waals surface area contributed by atoms with Crippen molar-refractivity contribution in [3.05, 3.63) is 58.9 Å². The predicted octanol–water partition coefficient (Wildman–Crippen LogP) is 3.03. The molecule has 0 unspecified atom stereocenters. The quantitative estimate of drug-likeness (QED) is 0.790. The third-order valence-electron chi connectivity index (χ3n) is 4.53. The van der Waals surface area contributed by atoms with Gasteiger partial charge in [-0.1, -0.05) is 44.2 Å². The summed E-state index contributed by atoms with van der Waals surface area (Å²) in [5.74, 6) is 1.96. The Balaban J connectivity index is 1.67. The molecule has 2 heterocycles. The van der Waals surface area contributed by atoms with Crippen LogP contribution in [0.25, 0.3) is 6.08 Å². The first-order valence-corrected chi connectivity index (χ1v) is 10.7. The van der Waals surface area contributed by atoms with Gasteiger partial charge in [0.2, 0.25) is 10.0 Å². The van der Waals surface area contributed by atoms with Gasteiger partial charge in [-0.15, -0.1) is 0 Å². The van der Waals surface area contributed by atoms with Crippen LogP contribution in [0.5, 0.6) is 0 Å². The SMILES string of the molecule is Cc1cc(N2CCN(S(=O)(=O)/C=C/c3ccccc3)CC2)nc(C(C)C)n1. The summed E-state index contributed by atoms with van der Waals surface area (Å²) in [7, 11) is -3.42. The number of nitrogens with zero attached hydrogens (tertiary/aromatic N) is 4. The average Bonchev–Trinajstić information content (AvgIpc) is 2.67. The lowest BCUT2D eigenvalue weighted by Crippen LogP contribution is -2.48. The molecule has 6 nitrogen and oxygen atoms in total. The molecular weight excluding hydrogens is 360 g/mol. The molecule has 1 aliphatic rings. The number of aromatic nitrogens is 2. The van der Waals surface area contributed by atoms with Crippen molar-refractivity contribution in [1.82, 2.24) is 14.3 Å². The highest BCUT2D eigenvalue weighted by atomic mass is 32.2. The Kier molecular flexibility index (Phi) is 5.92. The van der Waals surface area contributed by atoms with Crippen LogP contribution in [0, 0.1) is 6.92 Å². The molecule has 1 aromatic heterocycles. The van der Waals surface area contributed by atoms with Crippen molar-refractivity contribution in [2.24, 2.45) is 0 Å². The molecule has 144 valence electrons. The zero-order valence-corrected chi connectivity index (χ0v) is 16.9. The van der Waals surface area contributed by atoms with Crippen LogP contribution in [0.1, 0.15) is 36.8 Å². The minimum Gasteiger partial charge on any atom is -0.354 e. The summed E-state index contributed by atoms with van der Waals surface area (Å²) < 4.78 is 26.7. The lowest BCUT2D eigenvalue weighted by atomic mass is 10.2. The molecule has 0 radical (unpaired) electrons. The van der Waals surface area contributed by atoms with E-state index in [9.17, 15) is 8.42 Å². The van der Waals surface area contributed by atoms with E-state index in [0.717, 1.165) is 22.9 Å². The van der Waals surface area contributed by atoms with E-state index in [1.54, 1.807) is 6.08 Å². The topological polar surface area (TPSA) is 66.4 Å². The van der Waals surface area contributed by atoms with Crippen molar-refractivity contribution in [3.63, 3.8) is 0 Å². The van der Waals surface area contributed by atoms with Crippen molar-refractivity contribution in [3.8, 4) is 0 Å². The average molecular weight is 387 g/mol. The molecule has 0 spiro atoms. The van der Waals surface area contributed by atoms with Gasteiger partial charge < -0.3 is 4.90 Å². The third-order valence-corrected chi connectivity index (χ3v) is 6.09. The van der Waals surface area contributed by atoms with Crippen LogP contribution in [-0.2, 0) is 10.0 Å². The van der Waals surface area contributed by atoms with Gasteiger partial charge >= 0.3 is 0 Å². The summed E-state index contributed by atoms with van der Waals surface area (Å²) in [4.78, 5) is 11.3. The van der Waals surface area contributed by atoms with Crippen molar-refractivity contribution in [2.45, 2.75) is 26.7 Å². The van der Waals surface area contributed by atoms with Crippen molar-refractivity contribution in [2.75, 3.05) is 31.1 Å². The number of piperazine rings is 1. The number of rotatable bonds is 5. The second-order valence-electron chi connectivity index (χ2n) is 7.02. The van der Waals surface area contributed by atoms with Crippen LogP contribution in [-0.4, -0.2) is 48.9 Å². The Bertz CT molecular complexity index is 903. The third kappa shape index (κ3) is 4.93. The second kappa shape index (κ2) is 8.19. The highest BCUT2D eigenvalue weighted by Gasteiger charge is 2.26. The first-order valence-electron chi connectivity index (χ1n) is 9.19. The van der Waals surface area contributed by atoms with Gasteiger partial charge in [0, 0.05) is 49.3 Å². The molecule has 0 saturated carbocycles. The Hall–Kier alpha value is -2.25. The van der Waals surface area contributed by atoms with Crippen LogP contribution in [0.3, 0.4) is 0 Å². The van der Waals surface area contributed by atoms with Crippen LogP contribution in [0.15, 0.2) is 41.8 Å². The number of anilines is 1. The molecular formula is C20H26N4O2S. The molecule has 1 aromatic carbocycles. The number of sulfonamides is 1. The lowest BCUT2D eigenvalue weighted by molar-refractivity contribution is 0.388. The maximum absolute atomic E-state index is 12.6.